The fourth-order valence-electron chi connectivity index (χ4n) is 5.47. The second-order valence-corrected chi connectivity index (χ2v) is 9.88. The molecule has 6 rings (SSSR count). The number of aromatic nitrogens is 2. The highest BCUT2D eigenvalue weighted by atomic mass is 15.2. The summed E-state index contributed by atoms with van der Waals surface area (Å²) in [5, 5.41) is 2.46. The van der Waals surface area contributed by atoms with Crippen LogP contribution in [0, 0.1) is 27.7 Å². The summed E-state index contributed by atoms with van der Waals surface area (Å²) in [5.41, 5.74) is 17.0. The van der Waals surface area contributed by atoms with E-state index < -0.39 is 0 Å². The van der Waals surface area contributed by atoms with Crippen molar-refractivity contribution in [1.29, 1.82) is 0 Å². The molecule has 0 saturated carbocycles. The number of fused-ring (bicyclic) bond motifs is 2. The van der Waals surface area contributed by atoms with Crippen LogP contribution in [0.5, 0.6) is 0 Å². The molecule has 33 heavy (non-hydrogen) atoms. The first-order chi connectivity index (χ1) is 15.7. The van der Waals surface area contributed by atoms with Gasteiger partial charge in [0.15, 0.2) is 0 Å². The summed E-state index contributed by atoms with van der Waals surface area (Å²) in [6.45, 7) is 18.5. The van der Waals surface area contributed by atoms with Gasteiger partial charge in [-0.15, -0.1) is 0 Å². The fraction of sp³-hybridized carbons (Fsp3) is 0.310. The lowest BCUT2D eigenvalue weighted by Gasteiger charge is -2.15. The topological polar surface area (TPSA) is 34.6 Å². The van der Waals surface area contributed by atoms with Crippen LogP contribution in [0.4, 0.5) is 0 Å². The van der Waals surface area contributed by atoms with Crippen LogP contribution >= 0.6 is 0 Å². The van der Waals surface area contributed by atoms with Crippen LogP contribution in [-0.2, 0) is 6.67 Å². The molecule has 166 valence electrons. The van der Waals surface area contributed by atoms with E-state index in [4.69, 9.17) is 9.98 Å². The molecule has 6 heterocycles. The Balaban J connectivity index is 1.87. The normalized spacial score (nSPS) is 18.5. The molecule has 0 amide bonds. The van der Waals surface area contributed by atoms with Gasteiger partial charge < -0.3 is 9.13 Å². The zero-order chi connectivity index (χ0) is 23.3. The molecule has 0 fully saturated rings. The maximum atomic E-state index is 5.09. The summed E-state index contributed by atoms with van der Waals surface area (Å²) in [6.07, 6.45) is 9.13. The quantitative estimate of drug-likeness (QED) is 0.566. The molecule has 0 saturated heterocycles. The Morgan fingerprint density at radius 1 is 0.515 bits per heavy atom. The summed E-state index contributed by atoms with van der Waals surface area (Å²) in [6, 6.07) is 0. The summed E-state index contributed by atoms with van der Waals surface area (Å²) in [5.74, 6) is 0. The van der Waals surface area contributed by atoms with Gasteiger partial charge in [0.2, 0.25) is 0 Å². The van der Waals surface area contributed by atoms with Crippen LogP contribution in [-0.4, -0.2) is 20.6 Å². The first-order valence-electron chi connectivity index (χ1n) is 11.7. The number of hydrogen-bond donors (Lipinski definition) is 0. The molecule has 0 N–H and O–H groups in total. The summed E-state index contributed by atoms with van der Waals surface area (Å²) in [7, 11) is 0. The van der Waals surface area contributed by atoms with Crippen molar-refractivity contribution in [2.45, 2.75) is 62.1 Å². The number of aliphatic imine (C=N–C) groups is 2. The van der Waals surface area contributed by atoms with Crippen molar-refractivity contribution in [2.24, 2.45) is 9.98 Å². The molecule has 6 bridgehead atoms. The molecule has 0 unspecified atom stereocenters. The molecule has 2 aromatic rings. The van der Waals surface area contributed by atoms with Crippen molar-refractivity contribution in [3.8, 4) is 0 Å². The number of hydrogen-bond acceptors (Lipinski definition) is 2. The van der Waals surface area contributed by atoms with Crippen LogP contribution in [0.3, 0.4) is 0 Å². The molecular formula is C29H30N4. The van der Waals surface area contributed by atoms with E-state index in [-0.39, 0.29) is 0 Å². The van der Waals surface area contributed by atoms with E-state index in [1.54, 1.807) is 0 Å². The smallest absolute Gasteiger partial charge is 0.1000 e. The highest BCUT2D eigenvalue weighted by molar-refractivity contribution is 6.24. The molecule has 0 atom stereocenters. The average Bonchev–Trinajstić information content (AvgIpc) is 3.37. The number of nitrogens with zero attached hydrogens (tertiary/aromatic N) is 4. The van der Waals surface area contributed by atoms with Gasteiger partial charge in [-0.3, -0.25) is 0 Å². The Kier molecular flexibility index (Phi) is 4.02. The van der Waals surface area contributed by atoms with Gasteiger partial charge in [-0.2, -0.15) is 0 Å². The average molecular weight is 435 g/mol. The van der Waals surface area contributed by atoms with E-state index in [0.717, 1.165) is 29.5 Å². The predicted molar refractivity (Wildman–Crippen MR) is 139 cm³/mol. The minimum atomic E-state index is 0.760. The Hall–Kier alpha value is -3.40. The first-order valence-corrected chi connectivity index (χ1v) is 11.7. The van der Waals surface area contributed by atoms with E-state index in [9.17, 15) is 0 Å². The highest BCUT2D eigenvalue weighted by Crippen LogP contribution is 2.34. The van der Waals surface area contributed by atoms with E-state index >= 15 is 0 Å². The second kappa shape index (κ2) is 6.57. The maximum absolute atomic E-state index is 5.09. The lowest BCUT2D eigenvalue weighted by molar-refractivity contribution is 0.579. The Morgan fingerprint density at radius 3 is 1.36 bits per heavy atom. The van der Waals surface area contributed by atoms with Crippen LogP contribution in [0.2, 0.25) is 0 Å². The van der Waals surface area contributed by atoms with Gasteiger partial charge in [-0.1, -0.05) is 0 Å². The maximum Gasteiger partial charge on any atom is 0.1000 e. The monoisotopic (exact) mass is 434 g/mol. The van der Waals surface area contributed by atoms with Gasteiger partial charge >= 0.3 is 0 Å². The SMILES string of the molecule is CC1=C(C)C2=NC1=Cc1c(C)c(C)c3n1Cn1c(c(C)c(C)c1=CC1=NC(=C3)C(C)=C1C)=C2. The minimum absolute atomic E-state index is 0.760. The molecule has 4 aliphatic heterocycles. The first kappa shape index (κ1) is 20.2. The van der Waals surface area contributed by atoms with Crippen molar-refractivity contribution >= 4 is 35.7 Å². The standard InChI is InChI=1S/C29H30N4/c1-14-15(2)23-10-27-20(7)21(8)29-12-25-17(4)16(3)24(31-25)11-28-19(6)18(5)26(9-22(14)30-23)32(28)13-33(27)29/h9-12H,13H2,1-8H3. The largest absolute Gasteiger partial charge is 0.322 e. The fourth-order valence-corrected chi connectivity index (χ4v) is 5.47. The Labute approximate surface area is 195 Å². The van der Waals surface area contributed by atoms with Crippen molar-refractivity contribution in [2.75, 3.05) is 0 Å². The molecule has 0 aromatic carbocycles. The van der Waals surface area contributed by atoms with Gasteiger partial charge in [-0.25, -0.2) is 9.98 Å². The van der Waals surface area contributed by atoms with Crippen LogP contribution in [0.1, 0.15) is 61.3 Å². The second-order valence-electron chi connectivity index (χ2n) is 9.88. The molecule has 4 nitrogen and oxygen atoms in total. The molecule has 4 aliphatic rings. The molecule has 0 radical (unpaired) electrons. The van der Waals surface area contributed by atoms with E-state index in [1.165, 1.54) is 66.6 Å². The highest BCUT2D eigenvalue weighted by Gasteiger charge is 2.25. The van der Waals surface area contributed by atoms with E-state index in [2.05, 4.69) is 88.8 Å². The number of rotatable bonds is 0. The third-order valence-corrected chi connectivity index (χ3v) is 8.35. The van der Waals surface area contributed by atoms with E-state index in [0.29, 0.717) is 0 Å². The minimum Gasteiger partial charge on any atom is -0.322 e. The lowest BCUT2D eigenvalue weighted by Crippen LogP contribution is -2.33. The number of allylic oxidation sites excluding steroid dienone is 4. The van der Waals surface area contributed by atoms with Gasteiger partial charge in [-0.05, 0) is 124 Å². The van der Waals surface area contributed by atoms with Crippen molar-refractivity contribution in [3.63, 3.8) is 0 Å². The molecule has 2 aromatic heterocycles. The summed E-state index contributed by atoms with van der Waals surface area (Å²) in [4.78, 5) is 10.2. The summed E-state index contributed by atoms with van der Waals surface area (Å²) < 4.78 is 4.92. The zero-order valence-corrected chi connectivity index (χ0v) is 20.8. The molecule has 0 aliphatic carbocycles. The van der Waals surface area contributed by atoms with Crippen LogP contribution < -0.4 is 10.7 Å². The zero-order valence-electron chi connectivity index (χ0n) is 20.8. The molecular weight excluding hydrogens is 404 g/mol. The predicted octanol–water partition coefficient (Wildman–Crippen LogP) is 4.88. The summed E-state index contributed by atoms with van der Waals surface area (Å²) >= 11 is 0. The van der Waals surface area contributed by atoms with Crippen molar-refractivity contribution in [1.82, 2.24) is 9.13 Å². The van der Waals surface area contributed by atoms with Gasteiger partial charge in [0.1, 0.15) is 0 Å². The van der Waals surface area contributed by atoms with Crippen LogP contribution in [0.15, 0.2) is 43.7 Å². The van der Waals surface area contributed by atoms with E-state index in [1.807, 2.05) is 0 Å². The lowest BCUT2D eigenvalue weighted by atomic mass is 10.0. The van der Waals surface area contributed by atoms with Gasteiger partial charge in [0.05, 0.1) is 29.5 Å². The van der Waals surface area contributed by atoms with Crippen molar-refractivity contribution < 1.29 is 0 Å². The molecule has 4 heteroatoms. The van der Waals surface area contributed by atoms with Crippen molar-refractivity contribution in [3.05, 3.63) is 78.0 Å². The van der Waals surface area contributed by atoms with Gasteiger partial charge in [0.25, 0.3) is 0 Å². The Morgan fingerprint density at radius 2 is 0.939 bits per heavy atom. The Bertz CT molecular complexity index is 1510. The van der Waals surface area contributed by atoms with Crippen LogP contribution in [0.25, 0.3) is 24.3 Å². The van der Waals surface area contributed by atoms with Gasteiger partial charge in [0, 0.05) is 22.1 Å². The third-order valence-electron chi connectivity index (χ3n) is 8.35. The third kappa shape index (κ3) is 2.58. The molecule has 0 spiro atoms.